The van der Waals surface area contributed by atoms with Crippen LogP contribution in [-0.4, -0.2) is 16.7 Å². The molecule has 1 heterocycles. The van der Waals surface area contributed by atoms with Crippen LogP contribution in [0.4, 0.5) is 0 Å². The smallest absolute Gasteiger partial charge is 0.0656 e. The number of nitrogens with zero attached hydrogens (tertiary/aromatic N) is 1. The lowest BCUT2D eigenvalue weighted by Crippen LogP contribution is -2.13. The quantitative estimate of drug-likeness (QED) is 0.750. The van der Waals surface area contributed by atoms with Gasteiger partial charge in [-0.1, -0.05) is 26.2 Å². The van der Waals surface area contributed by atoms with Crippen molar-refractivity contribution in [2.24, 2.45) is 0 Å². The lowest BCUT2D eigenvalue weighted by Gasteiger charge is -2.19. The van der Waals surface area contributed by atoms with Gasteiger partial charge in [-0.05, 0) is 31.9 Å². The van der Waals surface area contributed by atoms with E-state index >= 15 is 0 Å². The summed E-state index contributed by atoms with van der Waals surface area (Å²) in [6.45, 7) is 4.19. The molecule has 0 aromatic carbocycles. The average Bonchev–Trinajstić information content (AvgIpc) is 2.79. The number of hydrogen-bond acceptors (Lipinski definition) is 2. The number of aromatic nitrogens is 2. The van der Waals surface area contributed by atoms with Crippen molar-refractivity contribution in [3.8, 4) is 0 Å². The van der Waals surface area contributed by atoms with Gasteiger partial charge in [0.25, 0.3) is 0 Å². The van der Waals surface area contributed by atoms with E-state index in [1.165, 1.54) is 49.9 Å². The maximum Gasteiger partial charge on any atom is 0.0656 e. The predicted molar refractivity (Wildman–Crippen MR) is 66.4 cm³/mol. The van der Waals surface area contributed by atoms with Gasteiger partial charge in [0.2, 0.25) is 0 Å². The van der Waals surface area contributed by atoms with E-state index in [4.69, 9.17) is 0 Å². The first-order valence-corrected chi connectivity index (χ1v) is 6.65. The van der Waals surface area contributed by atoms with Crippen LogP contribution in [0.2, 0.25) is 0 Å². The lowest BCUT2D eigenvalue weighted by molar-refractivity contribution is 0.436. The largest absolute Gasteiger partial charge is 0.311 e. The maximum absolute atomic E-state index is 4.45. The van der Waals surface area contributed by atoms with Crippen molar-refractivity contribution in [3.63, 3.8) is 0 Å². The second kappa shape index (κ2) is 6.04. The third-order valence-corrected chi connectivity index (χ3v) is 3.42. The summed E-state index contributed by atoms with van der Waals surface area (Å²) in [5, 5.41) is 11.0. The Kier molecular flexibility index (Phi) is 4.40. The Labute approximate surface area is 98.0 Å². The summed E-state index contributed by atoms with van der Waals surface area (Å²) < 4.78 is 0. The molecule has 2 rings (SSSR count). The van der Waals surface area contributed by atoms with Crippen molar-refractivity contribution in [1.82, 2.24) is 15.5 Å². The van der Waals surface area contributed by atoms with Crippen molar-refractivity contribution < 1.29 is 0 Å². The Morgan fingerprint density at radius 2 is 2.19 bits per heavy atom. The second-order valence-corrected chi connectivity index (χ2v) is 4.83. The minimum absolute atomic E-state index is 0.713. The van der Waals surface area contributed by atoms with E-state index in [1.54, 1.807) is 0 Å². The van der Waals surface area contributed by atoms with E-state index in [0.29, 0.717) is 5.92 Å². The van der Waals surface area contributed by atoms with Crippen molar-refractivity contribution in [2.45, 2.75) is 57.9 Å². The van der Waals surface area contributed by atoms with Gasteiger partial charge in [-0.25, -0.2) is 0 Å². The first kappa shape index (κ1) is 11.6. The number of hydrogen-bond donors (Lipinski definition) is 2. The van der Waals surface area contributed by atoms with E-state index in [1.807, 2.05) is 0 Å². The molecule has 0 amide bonds. The highest BCUT2D eigenvalue weighted by molar-refractivity contribution is 5.13. The summed E-state index contributed by atoms with van der Waals surface area (Å²) in [5.41, 5.74) is 2.52. The van der Waals surface area contributed by atoms with E-state index in [0.717, 1.165) is 13.1 Å². The van der Waals surface area contributed by atoms with Crippen LogP contribution in [-0.2, 0) is 6.54 Å². The minimum atomic E-state index is 0.713. The van der Waals surface area contributed by atoms with E-state index in [9.17, 15) is 0 Å². The Bertz CT molecular complexity index is 300. The Hall–Kier alpha value is -0.830. The topological polar surface area (TPSA) is 40.7 Å². The molecule has 1 aromatic heterocycles. The minimum Gasteiger partial charge on any atom is -0.311 e. The van der Waals surface area contributed by atoms with Crippen LogP contribution in [0, 0.1) is 0 Å². The monoisotopic (exact) mass is 221 g/mol. The highest BCUT2D eigenvalue weighted by Crippen LogP contribution is 2.31. The summed E-state index contributed by atoms with van der Waals surface area (Å²) in [6, 6.07) is 2.25. The predicted octanol–water partition coefficient (Wildman–Crippen LogP) is 2.96. The Balaban J connectivity index is 1.85. The third kappa shape index (κ3) is 3.08. The number of H-pyrrole nitrogens is 1. The Morgan fingerprint density at radius 3 is 2.94 bits per heavy atom. The van der Waals surface area contributed by atoms with Crippen LogP contribution in [0.1, 0.15) is 62.8 Å². The molecular weight excluding hydrogens is 198 g/mol. The van der Waals surface area contributed by atoms with Crippen LogP contribution in [0.5, 0.6) is 0 Å². The average molecular weight is 221 g/mol. The van der Waals surface area contributed by atoms with Gasteiger partial charge in [-0.15, -0.1) is 0 Å². The highest BCUT2D eigenvalue weighted by Gasteiger charge is 2.17. The fourth-order valence-electron chi connectivity index (χ4n) is 2.48. The molecule has 0 bridgehead atoms. The molecule has 90 valence electrons. The molecule has 3 nitrogen and oxygen atoms in total. The lowest BCUT2D eigenvalue weighted by atomic mass is 9.87. The van der Waals surface area contributed by atoms with Crippen molar-refractivity contribution in [3.05, 3.63) is 17.5 Å². The van der Waals surface area contributed by atoms with Crippen LogP contribution in [0.25, 0.3) is 0 Å². The van der Waals surface area contributed by atoms with E-state index in [2.05, 4.69) is 28.5 Å². The molecular formula is C13H23N3. The summed E-state index contributed by atoms with van der Waals surface area (Å²) in [5.74, 6) is 0.713. The molecule has 0 spiro atoms. The molecule has 1 aromatic rings. The zero-order valence-electron chi connectivity index (χ0n) is 10.3. The number of nitrogens with one attached hydrogen (secondary N) is 2. The number of rotatable bonds is 5. The Morgan fingerprint density at radius 1 is 1.38 bits per heavy atom. The van der Waals surface area contributed by atoms with Gasteiger partial charge in [0.1, 0.15) is 0 Å². The van der Waals surface area contributed by atoms with Gasteiger partial charge < -0.3 is 5.32 Å². The van der Waals surface area contributed by atoms with Crippen LogP contribution < -0.4 is 5.32 Å². The van der Waals surface area contributed by atoms with Crippen LogP contribution >= 0.6 is 0 Å². The molecule has 0 atom stereocenters. The molecule has 16 heavy (non-hydrogen) atoms. The highest BCUT2D eigenvalue weighted by atomic mass is 15.1. The van der Waals surface area contributed by atoms with Gasteiger partial charge >= 0.3 is 0 Å². The summed E-state index contributed by atoms with van der Waals surface area (Å²) in [4.78, 5) is 0. The van der Waals surface area contributed by atoms with Crippen molar-refractivity contribution in [2.75, 3.05) is 6.54 Å². The van der Waals surface area contributed by atoms with Gasteiger partial charge in [0.05, 0.1) is 5.69 Å². The molecule has 1 fully saturated rings. The summed E-state index contributed by atoms with van der Waals surface area (Å²) >= 11 is 0. The molecule has 1 aliphatic carbocycles. The van der Waals surface area contributed by atoms with Crippen LogP contribution in [0.15, 0.2) is 6.07 Å². The second-order valence-electron chi connectivity index (χ2n) is 4.83. The molecule has 0 radical (unpaired) electrons. The fraction of sp³-hybridized carbons (Fsp3) is 0.769. The maximum atomic E-state index is 4.45. The molecule has 1 aliphatic rings. The zero-order valence-corrected chi connectivity index (χ0v) is 10.3. The molecule has 0 aliphatic heterocycles. The fourth-order valence-corrected chi connectivity index (χ4v) is 2.48. The normalized spacial score (nSPS) is 17.8. The van der Waals surface area contributed by atoms with Gasteiger partial charge in [0.15, 0.2) is 0 Å². The summed E-state index contributed by atoms with van der Waals surface area (Å²) in [7, 11) is 0. The van der Waals surface area contributed by atoms with Gasteiger partial charge in [-0.2, -0.15) is 5.10 Å². The zero-order chi connectivity index (χ0) is 11.2. The molecule has 1 saturated carbocycles. The molecule has 0 unspecified atom stereocenters. The molecule has 2 N–H and O–H groups in total. The molecule has 0 saturated heterocycles. The van der Waals surface area contributed by atoms with Crippen molar-refractivity contribution in [1.29, 1.82) is 0 Å². The first-order valence-electron chi connectivity index (χ1n) is 6.65. The summed E-state index contributed by atoms with van der Waals surface area (Å²) in [6.07, 6.45) is 8.00. The standard InChI is InChI=1S/C13H23N3/c1-2-8-14-10-12-9-13(16-15-12)11-6-4-3-5-7-11/h9,11,14H,2-8,10H2,1H3,(H,15,16). The van der Waals surface area contributed by atoms with Crippen molar-refractivity contribution >= 4 is 0 Å². The number of aromatic amines is 1. The molecule has 3 heteroatoms. The SMILES string of the molecule is CCCNCc1cc(C2CCCCC2)n[nH]1. The first-order chi connectivity index (χ1) is 7.90. The van der Waals surface area contributed by atoms with E-state index in [-0.39, 0.29) is 0 Å². The van der Waals surface area contributed by atoms with E-state index < -0.39 is 0 Å². The third-order valence-electron chi connectivity index (χ3n) is 3.42. The van der Waals surface area contributed by atoms with Gasteiger partial charge in [0, 0.05) is 18.2 Å². The van der Waals surface area contributed by atoms with Crippen LogP contribution in [0.3, 0.4) is 0 Å². The van der Waals surface area contributed by atoms with Gasteiger partial charge in [-0.3, -0.25) is 5.10 Å².